The van der Waals surface area contributed by atoms with Crippen molar-refractivity contribution in [2.75, 3.05) is 0 Å². The minimum absolute atomic E-state index is 0. The summed E-state index contributed by atoms with van der Waals surface area (Å²) in [5, 5.41) is 0. The van der Waals surface area contributed by atoms with Gasteiger partial charge >= 0.3 is 0 Å². The van der Waals surface area contributed by atoms with Crippen molar-refractivity contribution in [2.24, 2.45) is 29.6 Å². The minimum atomic E-state index is 0. The Kier molecular flexibility index (Phi) is 20.1. The number of rotatable bonds is 5. The SMILES string of the molecule is CC.CC.CC(C)CCC(C)C1CCC(C(C)C)C1.P. The average molecular weight is 305 g/mol. The van der Waals surface area contributed by atoms with Crippen molar-refractivity contribution in [3.8, 4) is 0 Å². The summed E-state index contributed by atoms with van der Waals surface area (Å²) in [5.41, 5.74) is 0. The van der Waals surface area contributed by atoms with Crippen LogP contribution in [0.2, 0.25) is 0 Å². The van der Waals surface area contributed by atoms with Crippen LogP contribution in [0, 0.1) is 29.6 Å². The zero-order valence-electron chi connectivity index (χ0n) is 16.1. The molecule has 0 aromatic rings. The van der Waals surface area contributed by atoms with Crippen molar-refractivity contribution in [2.45, 2.75) is 94.4 Å². The van der Waals surface area contributed by atoms with Crippen molar-refractivity contribution in [1.82, 2.24) is 0 Å². The highest BCUT2D eigenvalue weighted by Gasteiger charge is 2.29. The highest BCUT2D eigenvalue weighted by Crippen LogP contribution is 2.40. The first-order valence-corrected chi connectivity index (χ1v) is 9.00. The second-order valence-corrected chi connectivity index (χ2v) is 6.53. The van der Waals surface area contributed by atoms with E-state index in [2.05, 4.69) is 34.6 Å². The van der Waals surface area contributed by atoms with Gasteiger partial charge in [0.05, 0.1) is 0 Å². The molecule has 0 spiro atoms. The third kappa shape index (κ3) is 11.1. The predicted molar refractivity (Wildman–Crippen MR) is 103 cm³/mol. The maximum Gasteiger partial charge on any atom is -0.0386 e. The van der Waals surface area contributed by atoms with E-state index in [-0.39, 0.29) is 9.90 Å². The molecule has 4 atom stereocenters. The first-order valence-electron chi connectivity index (χ1n) is 9.00. The molecule has 1 fully saturated rings. The molecule has 0 bridgehead atoms. The lowest BCUT2D eigenvalue weighted by atomic mass is 9.85. The van der Waals surface area contributed by atoms with Crippen LogP contribution in [-0.4, -0.2) is 0 Å². The van der Waals surface area contributed by atoms with E-state index >= 15 is 0 Å². The van der Waals surface area contributed by atoms with E-state index in [1.54, 1.807) is 0 Å². The van der Waals surface area contributed by atoms with Crippen LogP contribution in [0.3, 0.4) is 0 Å². The Morgan fingerprint density at radius 3 is 1.55 bits per heavy atom. The Labute approximate surface area is 134 Å². The third-order valence-corrected chi connectivity index (χ3v) is 4.46. The topological polar surface area (TPSA) is 0 Å². The van der Waals surface area contributed by atoms with Crippen LogP contribution in [0.5, 0.6) is 0 Å². The van der Waals surface area contributed by atoms with Crippen LogP contribution < -0.4 is 0 Å². The molecule has 1 saturated carbocycles. The number of hydrogen-bond donors (Lipinski definition) is 0. The lowest BCUT2D eigenvalue weighted by Gasteiger charge is -2.21. The first kappa shape index (κ1) is 25.4. The van der Waals surface area contributed by atoms with E-state index < -0.39 is 0 Å². The molecule has 0 N–H and O–H groups in total. The molecule has 1 rings (SSSR count). The van der Waals surface area contributed by atoms with Crippen LogP contribution in [0.1, 0.15) is 94.4 Å². The molecule has 1 aliphatic rings. The van der Waals surface area contributed by atoms with Crippen LogP contribution in [0.4, 0.5) is 0 Å². The largest absolute Gasteiger partial charge is 0.153 e. The van der Waals surface area contributed by atoms with Gasteiger partial charge in [-0.2, -0.15) is 9.90 Å². The third-order valence-electron chi connectivity index (χ3n) is 4.46. The molecule has 0 aromatic carbocycles. The van der Waals surface area contributed by atoms with Crippen LogP contribution in [-0.2, 0) is 0 Å². The molecule has 0 amide bonds. The van der Waals surface area contributed by atoms with Crippen molar-refractivity contribution < 1.29 is 0 Å². The van der Waals surface area contributed by atoms with Crippen molar-refractivity contribution >= 4 is 9.90 Å². The van der Waals surface area contributed by atoms with Gasteiger partial charge in [0, 0.05) is 0 Å². The minimum Gasteiger partial charge on any atom is -0.153 e. The number of hydrogen-bond acceptors (Lipinski definition) is 0. The molecule has 0 saturated heterocycles. The summed E-state index contributed by atoms with van der Waals surface area (Å²) >= 11 is 0. The molecular weight excluding hydrogens is 259 g/mol. The summed E-state index contributed by atoms with van der Waals surface area (Å²) in [6.45, 7) is 20.0. The average Bonchev–Trinajstić information content (AvgIpc) is 2.90. The summed E-state index contributed by atoms with van der Waals surface area (Å²) in [4.78, 5) is 0. The Morgan fingerprint density at radius 1 is 0.750 bits per heavy atom. The van der Waals surface area contributed by atoms with Crippen molar-refractivity contribution in [1.29, 1.82) is 0 Å². The highest BCUT2D eigenvalue weighted by molar-refractivity contribution is 6.92. The molecule has 126 valence electrons. The first-order chi connectivity index (χ1) is 9.00. The van der Waals surface area contributed by atoms with Gasteiger partial charge in [0.2, 0.25) is 0 Å². The molecule has 1 aliphatic carbocycles. The van der Waals surface area contributed by atoms with Crippen LogP contribution >= 0.6 is 9.90 Å². The van der Waals surface area contributed by atoms with Crippen LogP contribution in [0.25, 0.3) is 0 Å². The fourth-order valence-electron chi connectivity index (χ4n) is 3.01. The van der Waals surface area contributed by atoms with E-state index in [0.29, 0.717) is 0 Å². The summed E-state index contributed by atoms with van der Waals surface area (Å²) < 4.78 is 0. The van der Waals surface area contributed by atoms with Gasteiger partial charge in [-0.15, -0.1) is 0 Å². The fourth-order valence-corrected chi connectivity index (χ4v) is 3.01. The van der Waals surface area contributed by atoms with E-state index in [0.717, 1.165) is 29.6 Å². The second-order valence-electron chi connectivity index (χ2n) is 6.53. The molecular formula is C19H45P. The van der Waals surface area contributed by atoms with Gasteiger partial charge < -0.3 is 0 Å². The Morgan fingerprint density at radius 2 is 1.20 bits per heavy atom. The monoisotopic (exact) mass is 304 g/mol. The van der Waals surface area contributed by atoms with Crippen molar-refractivity contribution in [3.05, 3.63) is 0 Å². The zero-order valence-corrected chi connectivity index (χ0v) is 17.5. The van der Waals surface area contributed by atoms with Gasteiger partial charge in [0.25, 0.3) is 0 Å². The summed E-state index contributed by atoms with van der Waals surface area (Å²) in [6, 6.07) is 0. The summed E-state index contributed by atoms with van der Waals surface area (Å²) in [6.07, 6.45) is 7.38. The Balaban J connectivity index is -0.000000529. The lowest BCUT2D eigenvalue weighted by molar-refractivity contribution is 0.297. The molecule has 20 heavy (non-hydrogen) atoms. The van der Waals surface area contributed by atoms with E-state index in [1.807, 2.05) is 27.7 Å². The lowest BCUT2D eigenvalue weighted by Crippen LogP contribution is -2.11. The molecule has 0 nitrogen and oxygen atoms in total. The van der Waals surface area contributed by atoms with E-state index in [9.17, 15) is 0 Å². The standard InChI is InChI=1S/C15H30.2C2H6.H3P/c1-11(2)6-7-13(5)15-9-8-14(10-15)12(3)4;2*1-2;/h11-15H,6-10H2,1-5H3;2*1-2H3;1H3. The predicted octanol–water partition coefficient (Wildman–Crippen LogP) is 7.24. The highest BCUT2D eigenvalue weighted by atomic mass is 31.0. The zero-order chi connectivity index (χ0) is 15.4. The smallest absolute Gasteiger partial charge is 0.0386 e. The normalized spacial score (nSPS) is 22.4. The van der Waals surface area contributed by atoms with Gasteiger partial charge in [0.15, 0.2) is 0 Å². The molecule has 0 aliphatic heterocycles. The van der Waals surface area contributed by atoms with Crippen LogP contribution in [0.15, 0.2) is 0 Å². The maximum atomic E-state index is 2.48. The van der Waals surface area contributed by atoms with Gasteiger partial charge in [0.1, 0.15) is 0 Å². The van der Waals surface area contributed by atoms with E-state index in [4.69, 9.17) is 0 Å². The Bertz CT molecular complexity index is 175. The second kappa shape index (κ2) is 15.8. The molecule has 1 heteroatoms. The summed E-state index contributed by atoms with van der Waals surface area (Å²) in [7, 11) is 0. The quantitative estimate of drug-likeness (QED) is 0.469. The van der Waals surface area contributed by atoms with Gasteiger partial charge in [-0.1, -0.05) is 75.2 Å². The maximum absolute atomic E-state index is 2.48. The molecule has 0 aromatic heterocycles. The molecule has 0 heterocycles. The fraction of sp³-hybridized carbons (Fsp3) is 1.00. The van der Waals surface area contributed by atoms with E-state index in [1.165, 1.54) is 32.1 Å². The molecule has 0 radical (unpaired) electrons. The van der Waals surface area contributed by atoms with Crippen molar-refractivity contribution in [3.63, 3.8) is 0 Å². The Hall–Kier alpha value is 0.430. The molecule has 4 unspecified atom stereocenters. The van der Waals surface area contributed by atoms with Gasteiger partial charge in [-0.3, -0.25) is 0 Å². The van der Waals surface area contributed by atoms with Gasteiger partial charge in [-0.05, 0) is 48.9 Å². The van der Waals surface area contributed by atoms with Gasteiger partial charge in [-0.25, -0.2) is 0 Å². The summed E-state index contributed by atoms with van der Waals surface area (Å²) in [5.74, 6) is 4.82.